The van der Waals surface area contributed by atoms with Crippen molar-refractivity contribution in [1.82, 2.24) is 0 Å². The van der Waals surface area contributed by atoms with Gasteiger partial charge in [0.05, 0.1) is 36.2 Å². The van der Waals surface area contributed by atoms with Gasteiger partial charge in [-0.05, 0) is 18.2 Å². The molecule has 0 aromatic heterocycles. The number of ether oxygens (including phenoxy) is 2. The van der Waals surface area contributed by atoms with Crippen LogP contribution in [-0.4, -0.2) is 40.2 Å². The summed E-state index contributed by atoms with van der Waals surface area (Å²) in [5, 5.41) is 38.4. The lowest BCUT2D eigenvalue weighted by molar-refractivity contribution is -0.385. The van der Waals surface area contributed by atoms with Gasteiger partial charge in [0.15, 0.2) is 0 Å². The first-order valence-electron chi connectivity index (χ1n) is 7.23. The van der Waals surface area contributed by atoms with Crippen molar-refractivity contribution in [3.8, 4) is 11.5 Å². The van der Waals surface area contributed by atoms with Crippen molar-refractivity contribution in [3.63, 3.8) is 0 Å². The molecule has 0 unspecified atom stereocenters. The summed E-state index contributed by atoms with van der Waals surface area (Å²) >= 11 is 0. The van der Waals surface area contributed by atoms with Crippen LogP contribution in [0.15, 0.2) is 36.4 Å². The average Bonchev–Trinajstić information content (AvgIpc) is 2.66. The van der Waals surface area contributed by atoms with Crippen molar-refractivity contribution >= 4 is 17.3 Å². The molecule has 0 saturated carbocycles. The van der Waals surface area contributed by atoms with Crippen molar-refractivity contribution in [1.29, 1.82) is 0 Å². The SMILES string of the molecule is C.C.COc1ccc([N+](=O)[O-])c(C(=O)O)c1.COc1ccc([N+](=O)[O-])c(CO)c1. The maximum absolute atomic E-state index is 10.6. The second-order valence-electron chi connectivity index (χ2n) is 4.86. The van der Waals surface area contributed by atoms with Gasteiger partial charge in [0.2, 0.25) is 0 Å². The second-order valence-corrected chi connectivity index (χ2v) is 4.86. The zero-order valence-electron chi connectivity index (χ0n) is 14.3. The smallest absolute Gasteiger partial charge is 0.342 e. The van der Waals surface area contributed by atoms with Crippen LogP contribution < -0.4 is 9.47 Å². The highest BCUT2D eigenvalue weighted by molar-refractivity contribution is 5.92. The van der Waals surface area contributed by atoms with Gasteiger partial charge >= 0.3 is 5.97 Å². The van der Waals surface area contributed by atoms with Gasteiger partial charge in [-0.15, -0.1) is 0 Å². The molecule has 0 fully saturated rings. The molecule has 0 amide bonds. The van der Waals surface area contributed by atoms with Crippen LogP contribution in [0.1, 0.15) is 30.8 Å². The van der Waals surface area contributed by atoms with E-state index in [1.165, 1.54) is 38.5 Å². The van der Waals surface area contributed by atoms with Gasteiger partial charge in [-0.2, -0.15) is 0 Å². The lowest BCUT2D eigenvalue weighted by atomic mass is 10.2. The summed E-state index contributed by atoms with van der Waals surface area (Å²) in [6.07, 6.45) is 0. The summed E-state index contributed by atoms with van der Waals surface area (Å²) in [6, 6.07) is 7.78. The van der Waals surface area contributed by atoms with Crippen molar-refractivity contribution < 1.29 is 34.3 Å². The predicted molar refractivity (Wildman–Crippen MR) is 106 cm³/mol. The summed E-state index contributed by atoms with van der Waals surface area (Å²) in [5.41, 5.74) is -0.666. The standard InChI is InChI=1S/C8H7NO5.C8H9NO4.2CH4/c1-14-5-2-3-7(9(12)13)6(4-5)8(10)11;1-13-7-2-3-8(9(11)12)6(4-7)5-10;;/h2-4H,1H3,(H,10,11);2-4,10H,5H2,1H3;2*1H4. The molecule has 0 atom stereocenters. The van der Waals surface area contributed by atoms with Crippen LogP contribution in [0.5, 0.6) is 11.5 Å². The lowest BCUT2D eigenvalue weighted by Gasteiger charge is -2.02. The van der Waals surface area contributed by atoms with Gasteiger partial charge in [-0.1, -0.05) is 14.9 Å². The average molecular weight is 412 g/mol. The Morgan fingerprint density at radius 1 is 0.931 bits per heavy atom. The first kappa shape index (κ1) is 27.5. The van der Waals surface area contributed by atoms with Crippen LogP contribution >= 0.6 is 0 Å². The fraction of sp³-hybridized carbons (Fsp3) is 0.278. The highest BCUT2D eigenvalue weighted by Gasteiger charge is 2.20. The third-order valence-electron chi connectivity index (χ3n) is 3.28. The Morgan fingerprint density at radius 3 is 1.76 bits per heavy atom. The Kier molecular flexibility index (Phi) is 12.0. The van der Waals surface area contributed by atoms with E-state index < -0.39 is 21.5 Å². The molecule has 2 aromatic rings. The van der Waals surface area contributed by atoms with E-state index in [-0.39, 0.29) is 44.0 Å². The second kappa shape index (κ2) is 12.6. The van der Waals surface area contributed by atoms with Crippen molar-refractivity contribution in [2.75, 3.05) is 14.2 Å². The van der Waals surface area contributed by atoms with Gasteiger partial charge in [-0.25, -0.2) is 4.79 Å². The zero-order chi connectivity index (χ0) is 20.6. The number of hydrogen-bond donors (Lipinski definition) is 2. The van der Waals surface area contributed by atoms with E-state index in [0.29, 0.717) is 5.75 Å². The van der Waals surface area contributed by atoms with E-state index in [1.54, 1.807) is 0 Å². The normalized spacial score (nSPS) is 8.93. The van der Waals surface area contributed by atoms with Crippen LogP contribution in [0.25, 0.3) is 0 Å². The number of nitro benzene ring substituents is 2. The Morgan fingerprint density at radius 2 is 1.38 bits per heavy atom. The van der Waals surface area contributed by atoms with Gasteiger partial charge in [0, 0.05) is 18.2 Å². The molecule has 0 spiro atoms. The molecule has 0 heterocycles. The number of nitrogens with zero attached hydrogens (tertiary/aromatic N) is 2. The number of carboxylic acid groups (broad SMARTS) is 1. The van der Waals surface area contributed by atoms with E-state index in [2.05, 4.69) is 0 Å². The molecule has 2 aromatic carbocycles. The van der Waals surface area contributed by atoms with Crippen molar-refractivity contribution in [3.05, 3.63) is 67.8 Å². The Balaban J connectivity index is 0. The molecule has 11 nitrogen and oxygen atoms in total. The quantitative estimate of drug-likeness (QED) is 0.532. The number of carboxylic acids is 1. The highest BCUT2D eigenvalue weighted by Crippen LogP contribution is 2.24. The third-order valence-corrected chi connectivity index (χ3v) is 3.28. The molecule has 2 N–H and O–H groups in total. The van der Waals surface area contributed by atoms with Crippen LogP contribution in [0.2, 0.25) is 0 Å². The number of aliphatic hydroxyl groups is 1. The number of nitro groups is 2. The highest BCUT2D eigenvalue weighted by atomic mass is 16.6. The summed E-state index contributed by atoms with van der Waals surface area (Å²) in [4.78, 5) is 30.2. The van der Waals surface area contributed by atoms with E-state index >= 15 is 0 Å². The summed E-state index contributed by atoms with van der Waals surface area (Å²) in [6.45, 7) is -0.368. The molecule has 0 aliphatic rings. The zero-order valence-corrected chi connectivity index (χ0v) is 14.3. The Bertz CT molecular complexity index is 853. The van der Waals surface area contributed by atoms with Gasteiger partial charge < -0.3 is 19.7 Å². The summed E-state index contributed by atoms with van der Waals surface area (Å²) in [7, 11) is 2.81. The summed E-state index contributed by atoms with van der Waals surface area (Å²) < 4.78 is 9.61. The number of aliphatic hydroxyl groups excluding tert-OH is 1. The van der Waals surface area contributed by atoms with E-state index in [1.807, 2.05) is 0 Å². The molecule has 11 heteroatoms. The molecular formula is C18H24N2O9. The van der Waals surface area contributed by atoms with Gasteiger partial charge in [0.25, 0.3) is 11.4 Å². The maximum atomic E-state index is 10.6. The number of methoxy groups -OCH3 is 2. The number of carbonyl (C=O) groups is 1. The monoisotopic (exact) mass is 412 g/mol. The minimum absolute atomic E-state index is 0. The molecule has 29 heavy (non-hydrogen) atoms. The topological polar surface area (TPSA) is 162 Å². The van der Waals surface area contributed by atoms with Crippen molar-refractivity contribution in [2.45, 2.75) is 21.5 Å². The van der Waals surface area contributed by atoms with Crippen LogP contribution in [-0.2, 0) is 6.61 Å². The van der Waals surface area contributed by atoms with Crippen molar-refractivity contribution in [2.24, 2.45) is 0 Å². The van der Waals surface area contributed by atoms with Crippen LogP contribution in [0.3, 0.4) is 0 Å². The fourth-order valence-corrected chi connectivity index (χ4v) is 1.97. The third kappa shape index (κ3) is 7.42. The molecule has 0 aliphatic carbocycles. The first-order chi connectivity index (χ1) is 12.7. The molecule has 0 saturated heterocycles. The van der Waals surface area contributed by atoms with E-state index in [9.17, 15) is 25.0 Å². The number of rotatable bonds is 6. The largest absolute Gasteiger partial charge is 0.497 e. The van der Waals surface area contributed by atoms with Gasteiger partial charge in [-0.3, -0.25) is 20.2 Å². The minimum atomic E-state index is -1.35. The number of hydrogen-bond acceptors (Lipinski definition) is 8. The molecule has 0 aliphatic heterocycles. The predicted octanol–water partition coefficient (Wildman–Crippen LogP) is 3.67. The molecule has 0 radical (unpaired) electrons. The van der Waals surface area contributed by atoms with Crippen LogP contribution in [0.4, 0.5) is 11.4 Å². The number of aromatic carboxylic acids is 1. The summed E-state index contributed by atoms with van der Waals surface area (Å²) in [5.74, 6) is -0.585. The first-order valence-corrected chi connectivity index (χ1v) is 7.23. The van der Waals surface area contributed by atoms with E-state index in [0.717, 1.165) is 12.1 Å². The number of benzene rings is 2. The molecule has 0 bridgehead atoms. The minimum Gasteiger partial charge on any atom is -0.497 e. The van der Waals surface area contributed by atoms with Gasteiger partial charge in [0.1, 0.15) is 17.1 Å². The molecule has 160 valence electrons. The molecule has 2 rings (SSSR count). The Labute approximate surface area is 167 Å². The Hall–Kier alpha value is -3.73. The fourth-order valence-electron chi connectivity index (χ4n) is 1.97. The van der Waals surface area contributed by atoms with E-state index in [4.69, 9.17) is 19.7 Å². The molecular weight excluding hydrogens is 388 g/mol. The van der Waals surface area contributed by atoms with Crippen LogP contribution in [0, 0.1) is 20.2 Å². The maximum Gasteiger partial charge on any atom is 0.342 e. The lowest BCUT2D eigenvalue weighted by Crippen LogP contribution is -2.02.